The van der Waals surface area contributed by atoms with E-state index >= 15 is 0 Å². The lowest BCUT2D eigenvalue weighted by molar-refractivity contribution is 0.401. The van der Waals surface area contributed by atoms with E-state index in [9.17, 15) is 0 Å². The van der Waals surface area contributed by atoms with Crippen molar-refractivity contribution >= 4 is 11.4 Å². The van der Waals surface area contributed by atoms with E-state index in [1.807, 2.05) is 0 Å². The fourth-order valence-corrected chi connectivity index (χ4v) is 13.2. The van der Waals surface area contributed by atoms with Crippen molar-refractivity contribution in [3.63, 3.8) is 0 Å². The van der Waals surface area contributed by atoms with Crippen molar-refractivity contribution in [3.8, 4) is 55.6 Å². The molecule has 0 amide bonds. The molecule has 3 aliphatic carbocycles. The lowest BCUT2D eigenvalue weighted by atomic mass is 9.70. The van der Waals surface area contributed by atoms with Crippen LogP contribution in [0.1, 0.15) is 189 Å². The van der Waals surface area contributed by atoms with Crippen molar-refractivity contribution in [1.82, 2.24) is 0 Å². The van der Waals surface area contributed by atoms with Crippen molar-refractivity contribution < 1.29 is 0 Å². The largest absolute Gasteiger partial charge is 0.248 e. The predicted octanol–water partition coefficient (Wildman–Crippen LogP) is 20.6. The van der Waals surface area contributed by atoms with Crippen LogP contribution < -0.4 is 0 Å². The Kier molecular flexibility index (Phi) is 14.8. The summed E-state index contributed by atoms with van der Waals surface area (Å²) in [6.07, 6.45) is 25.5. The molecular formula is C69H77N. The average molecular weight is 920 g/mol. The number of nitrogens with zero attached hydrogens (tertiary/aromatic N) is 1. The van der Waals surface area contributed by atoms with E-state index in [4.69, 9.17) is 4.99 Å². The second-order valence-electron chi connectivity index (χ2n) is 21.3. The molecule has 0 unspecified atom stereocenters. The molecule has 10 rings (SSSR count). The normalized spacial score (nSPS) is 14.2. The maximum atomic E-state index is 5.54. The van der Waals surface area contributed by atoms with Gasteiger partial charge >= 0.3 is 0 Å². The summed E-state index contributed by atoms with van der Waals surface area (Å²) >= 11 is 0. The molecule has 3 aliphatic rings. The lowest BCUT2D eigenvalue weighted by Gasteiger charge is -2.33. The minimum atomic E-state index is 0.0524. The Bertz CT molecular complexity index is 2740. The van der Waals surface area contributed by atoms with E-state index in [0.29, 0.717) is 0 Å². The van der Waals surface area contributed by atoms with E-state index < -0.39 is 0 Å². The van der Waals surface area contributed by atoms with Gasteiger partial charge in [-0.1, -0.05) is 246 Å². The number of aliphatic imine (C=N–C) groups is 1. The van der Waals surface area contributed by atoms with Gasteiger partial charge in [0.15, 0.2) is 0 Å². The molecule has 0 saturated carbocycles. The van der Waals surface area contributed by atoms with Gasteiger partial charge in [0.05, 0.1) is 11.4 Å². The molecule has 0 bridgehead atoms. The fraction of sp³-hybridized carbons (Fsp3) is 0.377. The molecule has 1 heteroatoms. The van der Waals surface area contributed by atoms with Crippen LogP contribution in [-0.4, -0.2) is 5.71 Å². The SMILES string of the molecule is CCCCCCC1(CCCCCC)c2ccccc2-c2ccc(-c3ccc4c(c3)C(=Nc3ccccc3)c3cc(-c5ccc6c(c5)C(CCCCCC)(CCCCCC)c5ccccc5-6)ccc3-4)cc21. The van der Waals surface area contributed by atoms with Gasteiger partial charge in [-0.3, -0.25) is 0 Å². The van der Waals surface area contributed by atoms with Gasteiger partial charge in [0.2, 0.25) is 0 Å². The third-order valence-corrected chi connectivity index (χ3v) is 16.9. The van der Waals surface area contributed by atoms with Crippen LogP contribution in [0.3, 0.4) is 0 Å². The summed E-state index contributed by atoms with van der Waals surface area (Å²) in [4.78, 5) is 5.54. The Hall–Kier alpha value is -5.79. The predicted molar refractivity (Wildman–Crippen MR) is 302 cm³/mol. The second-order valence-corrected chi connectivity index (χ2v) is 21.3. The van der Waals surface area contributed by atoms with Crippen LogP contribution in [0.5, 0.6) is 0 Å². The van der Waals surface area contributed by atoms with Gasteiger partial charge in [0.1, 0.15) is 0 Å². The second kappa shape index (κ2) is 21.7. The van der Waals surface area contributed by atoms with Crippen molar-refractivity contribution in [2.24, 2.45) is 4.99 Å². The monoisotopic (exact) mass is 920 g/mol. The van der Waals surface area contributed by atoms with Crippen molar-refractivity contribution in [2.45, 2.75) is 167 Å². The molecule has 0 atom stereocenters. The molecule has 0 heterocycles. The van der Waals surface area contributed by atoms with Crippen LogP contribution in [0.25, 0.3) is 55.6 Å². The number of para-hydroxylation sites is 1. The third-order valence-electron chi connectivity index (χ3n) is 16.9. The average Bonchev–Trinajstić information content (AvgIpc) is 3.97. The van der Waals surface area contributed by atoms with E-state index in [2.05, 4.69) is 179 Å². The molecule has 0 aromatic heterocycles. The van der Waals surface area contributed by atoms with Gasteiger partial charge < -0.3 is 0 Å². The first-order valence-corrected chi connectivity index (χ1v) is 28.0. The summed E-state index contributed by atoms with van der Waals surface area (Å²) < 4.78 is 0. The topological polar surface area (TPSA) is 12.4 Å². The molecule has 0 fully saturated rings. The van der Waals surface area contributed by atoms with Crippen LogP contribution in [0.4, 0.5) is 5.69 Å². The Morgan fingerprint density at radius 1 is 0.286 bits per heavy atom. The van der Waals surface area contributed by atoms with Crippen LogP contribution in [-0.2, 0) is 10.8 Å². The van der Waals surface area contributed by atoms with Gasteiger partial charge in [-0.2, -0.15) is 0 Å². The van der Waals surface area contributed by atoms with Gasteiger partial charge in [-0.15, -0.1) is 0 Å². The minimum Gasteiger partial charge on any atom is -0.248 e. The molecule has 0 saturated heterocycles. The van der Waals surface area contributed by atoms with Gasteiger partial charge in [0.25, 0.3) is 0 Å². The molecular weight excluding hydrogens is 843 g/mol. The third kappa shape index (κ3) is 9.08. The van der Waals surface area contributed by atoms with Crippen LogP contribution in [0.2, 0.25) is 0 Å². The lowest BCUT2D eigenvalue weighted by Crippen LogP contribution is -2.25. The van der Waals surface area contributed by atoms with Crippen molar-refractivity contribution in [2.75, 3.05) is 0 Å². The smallest absolute Gasteiger partial charge is 0.0794 e. The first-order chi connectivity index (χ1) is 34.5. The van der Waals surface area contributed by atoms with Crippen LogP contribution in [0.15, 0.2) is 157 Å². The Balaban J connectivity index is 1.04. The summed E-state index contributed by atoms with van der Waals surface area (Å²) in [7, 11) is 0. The highest BCUT2D eigenvalue weighted by Gasteiger charge is 2.44. The summed E-state index contributed by atoms with van der Waals surface area (Å²) in [5.74, 6) is 0. The van der Waals surface area contributed by atoms with Crippen LogP contribution >= 0.6 is 0 Å². The number of hydrogen-bond donors (Lipinski definition) is 0. The molecule has 0 spiro atoms. The summed E-state index contributed by atoms with van der Waals surface area (Å²) in [5, 5.41) is 0. The minimum absolute atomic E-state index is 0.0524. The van der Waals surface area contributed by atoms with E-state index in [1.165, 1.54) is 195 Å². The van der Waals surface area contributed by atoms with Gasteiger partial charge in [-0.05, 0) is 140 Å². The highest BCUT2D eigenvalue weighted by atomic mass is 14.8. The zero-order valence-corrected chi connectivity index (χ0v) is 43.0. The summed E-state index contributed by atoms with van der Waals surface area (Å²) in [6, 6.07) is 58.8. The first-order valence-electron chi connectivity index (χ1n) is 28.0. The Morgan fingerprint density at radius 3 is 1.03 bits per heavy atom. The zero-order valence-electron chi connectivity index (χ0n) is 43.0. The molecule has 70 heavy (non-hydrogen) atoms. The zero-order chi connectivity index (χ0) is 47.9. The first kappa shape index (κ1) is 47.9. The van der Waals surface area contributed by atoms with Crippen LogP contribution in [0, 0.1) is 0 Å². The number of unbranched alkanes of at least 4 members (excludes halogenated alkanes) is 12. The number of hydrogen-bond acceptors (Lipinski definition) is 1. The molecule has 0 aliphatic heterocycles. The van der Waals surface area contributed by atoms with E-state index in [1.54, 1.807) is 22.3 Å². The number of benzene rings is 7. The summed E-state index contributed by atoms with van der Waals surface area (Å²) in [6.45, 7) is 9.33. The fourth-order valence-electron chi connectivity index (χ4n) is 13.2. The van der Waals surface area contributed by atoms with Gasteiger partial charge in [0, 0.05) is 22.0 Å². The van der Waals surface area contributed by atoms with Gasteiger partial charge in [-0.25, -0.2) is 4.99 Å². The molecule has 1 nitrogen and oxygen atoms in total. The number of rotatable bonds is 23. The summed E-state index contributed by atoms with van der Waals surface area (Å²) in [5.41, 5.74) is 24.3. The highest BCUT2D eigenvalue weighted by molar-refractivity contribution is 6.26. The molecule has 7 aromatic rings. The molecule has 0 N–H and O–H groups in total. The molecule has 7 aromatic carbocycles. The standard InChI is InChI=1S/C69H77N/c1-5-9-13-24-42-68(43-25-14-10-6-2)63-32-22-20-30-57(63)59-40-36-52(48-65(59)68)50-34-38-55-56-39-35-51(47-62(56)67(61(55)46-50)70-54-28-18-17-19-29-54)53-37-41-60-58-31-21-23-33-64(58)69(66(60)49-53,44-26-15-11-7-3)45-27-16-12-8-4/h17-23,28-41,46-49H,5-16,24-27,42-45H2,1-4H3. The van der Waals surface area contributed by atoms with Crippen molar-refractivity contribution in [3.05, 3.63) is 185 Å². The Labute approximate surface area is 422 Å². The van der Waals surface area contributed by atoms with E-state index in [0.717, 1.165) is 11.4 Å². The Morgan fingerprint density at radius 2 is 0.629 bits per heavy atom. The highest BCUT2D eigenvalue weighted by Crippen LogP contribution is 2.57. The quantitative estimate of drug-likeness (QED) is 0.0567. The van der Waals surface area contributed by atoms with Crippen molar-refractivity contribution in [1.29, 1.82) is 0 Å². The van der Waals surface area contributed by atoms with E-state index in [-0.39, 0.29) is 10.8 Å². The maximum Gasteiger partial charge on any atom is 0.0794 e. The maximum absolute atomic E-state index is 5.54. The molecule has 0 radical (unpaired) electrons. The molecule has 358 valence electrons. The number of fused-ring (bicyclic) bond motifs is 9.